The van der Waals surface area contributed by atoms with Crippen LogP contribution in [-0.4, -0.2) is 36.4 Å². The van der Waals surface area contributed by atoms with Crippen LogP contribution in [0.2, 0.25) is 0 Å². The van der Waals surface area contributed by atoms with E-state index in [0.29, 0.717) is 17.5 Å². The maximum atomic E-state index is 12.2. The Kier molecular flexibility index (Phi) is 5.03. The van der Waals surface area contributed by atoms with E-state index in [4.69, 9.17) is 0 Å². The van der Waals surface area contributed by atoms with Gasteiger partial charge in [-0.1, -0.05) is 42.1 Å². The van der Waals surface area contributed by atoms with Crippen molar-refractivity contribution < 1.29 is 4.79 Å². The van der Waals surface area contributed by atoms with Crippen LogP contribution in [0.25, 0.3) is 22.1 Å². The van der Waals surface area contributed by atoms with Gasteiger partial charge in [-0.05, 0) is 24.6 Å². The van der Waals surface area contributed by atoms with Crippen LogP contribution in [0.5, 0.6) is 0 Å². The number of pyridine rings is 1. The molecule has 28 heavy (non-hydrogen) atoms. The Bertz CT molecular complexity index is 1190. The summed E-state index contributed by atoms with van der Waals surface area (Å²) in [5, 5.41) is 12.8. The molecule has 1 amide bonds. The fourth-order valence-corrected chi connectivity index (χ4v) is 3.56. The van der Waals surface area contributed by atoms with Crippen LogP contribution < -0.4 is 5.32 Å². The molecule has 0 fully saturated rings. The number of anilines is 1. The molecule has 4 rings (SSSR count). The summed E-state index contributed by atoms with van der Waals surface area (Å²) in [5.74, 6) is 0.570. The number of amides is 1. The lowest BCUT2D eigenvalue weighted by atomic mass is 10.2. The molecule has 0 radical (unpaired) electrons. The Morgan fingerprint density at radius 2 is 2.11 bits per heavy atom. The molecule has 0 aliphatic carbocycles. The Morgan fingerprint density at radius 3 is 2.93 bits per heavy atom. The van der Waals surface area contributed by atoms with Crippen LogP contribution in [0, 0.1) is 6.92 Å². The van der Waals surface area contributed by atoms with E-state index in [1.165, 1.54) is 11.8 Å². The van der Waals surface area contributed by atoms with E-state index in [0.717, 1.165) is 27.6 Å². The molecule has 0 bridgehead atoms. The first-order chi connectivity index (χ1) is 13.7. The van der Waals surface area contributed by atoms with Crippen molar-refractivity contribution in [1.29, 1.82) is 0 Å². The number of para-hydroxylation sites is 1. The van der Waals surface area contributed by atoms with E-state index in [2.05, 4.69) is 32.1 Å². The number of hydrogen-bond donors (Lipinski definition) is 1. The minimum absolute atomic E-state index is 0.165. The average Bonchev–Trinajstić information content (AvgIpc) is 3.02. The quantitative estimate of drug-likeness (QED) is 0.400. The Balaban J connectivity index is 1.57. The molecule has 8 heteroatoms. The third kappa shape index (κ3) is 3.46. The summed E-state index contributed by atoms with van der Waals surface area (Å²) in [5.41, 5.74) is 3.42. The van der Waals surface area contributed by atoms with Gasteiger partial charge in [0.2, 0.25) is 11.1 Å². The van der Waals surface area contributed by atoms with Crippen LogP contribution in [-0.2, 0) is 11.3 Å². The number of carbonyl (C=O) groups excluding carboxylic acids is 1. The van der Waals surface area contributed by atoms with Crippen molar-refractivity contribution >= 4 is 45.6 Å². The van der Waals surface area contributed by atoms with Crippen molar-refractivity contribution in [2.75, 3.05) is 11.1 Å². The van der Waals surface area contributed by atoms with E-state index in [-0.39, 0.29) is 11.7 Å². The second-order valence-electron chi connectivity index (χ2n) is 6.19. The summed E-state index contributed by atoms with van der Waals surface area (Å²) in [4.78, 5) is 21.1. The molecule has 3 heterocycles. The highest BCUT2D eigenvalue weighted by atomic mass is 32.2. The number of aryl methyl sites for hydroxylation is 1. The largest absolute Gasteiger partial charge is 0.320 e. The molecule has 1 aromatic carbocycles. The predicted octanol–water partition coefficient (Wildman–Crippen LogP) is 3.60. The number of hydrogen-bond acceptors (Lipinski definition) is 6. The molecule has 0 spiro atoms. The maximum absolute atomic E-state index is 12.2. The first-order valence-corrected chi connectivity index (χ1v) is 9.72. The van der Waals surface area contributed by atoms with Gasteiger partial charge in [0.25, 0.3) is 0 Å². The van der Waals surface area contributed by atoms with Gasteiger partial charge in [-0.25, -0.2) is 9.97 Å². The van der Waals surface area contributed by atoms with Crippen molar-refractivity contribution in [3.8, 4) is 0 Å². The van der Waals surface area contributed by atoms with Crippen LogP contribution in [0.3, 0.4) is 0 Å². The zero-order valence-electron chi connectivity index (χ0n) is 15.3. The first kappa shape index (κ1) is 18.1. The Morgan fingerprint density at radius 1 is 1.25 bits per heavy atom. The molecule has 3 aromatic heterocycles. The van der Waals surface area contributed by atoms with Crippen molar-refractivity contribution in [3.05, 3.63) is 60.8 Å². The lowest BCUT2D eigenvalue weighted by Gasteiger charge is -2.06. The lowest BCUT2D eigenvalue weighted by Crippen LogP contribution is -2.16. The third-order valence-electron chi connectivity index (χ3n) is 4.27. The number of benzene rings is 1. The van der Waals surface area contributed by atoms with Gasteiger partial charge in [-0.15, -0.1) is 16.8 Å². The fourth-order valence-electron chi connectivity index (χ4n) is 2.98. The normalized spacial score (nSPS) is 11.0. The zero-order valence-corrected chi connectivity index (χ0v) is 16.1. The monoisotopic (exact) mass is 390 g/mol. The Labute approximate surface area is 165 Å². The highest BCUT2D eigenvalue weighted by molar-refractivity contribution is 7.99. The number of nitrogens with zero attached hydrogens (tertiary/aromatic N) is 5. The van der Waals surface area contributed by atoms with E-state index in [9.17, 15) is 4.79 Å². The molecule has 0 saturated carbocycles. The Hall–Kier alpha value is -3.26. The molecule has 1 N–H and O–H groups in total. The molecule has 0 atom stereocenters. The van der Waals surface area contributed by atoms with Crippen molar-refractivity contribution in [3.63, 3.8) is 0 Å². The minimum Gasteiger partial charge on any atom is -0.320 e. The van der Waals surface area contributed by atoms with Crippen molar-refractivity contribution in [2.45, 2.75) is 18.6 Å². The SMILES string of the molecule is C=CCn1c2ccccc2c2nnc(SCC(=O)Nc3ncccc3C)nc21. The summed E-state index contributed by atoms with van der Waals surface area (Å²) in [7, 11) is 0. The highest BCUT2D eigenvalue weighted by Gasteiger charge is 2.15. The summed E-state index contributed by atoms with van der Waals surface area (Å²) in [6.07, 6.45) is 3.47. The van der Waals surface area contributed by atoms with Crippen molar-refractivity contribution in [2.24, 2.45) is 0 Å². The van der Waals surface area contributed by atoms with Crippen molar-refractivity contribution in [1.82, 2.24) is 24.7 Å². The van der Waals surface area contributed by atoms with E-state index in [1.807, 2.05) is 54.0 Å². The molecular weight excluding hydrogens is 372 g/mol. The topological polar surface area (TPSA) is 85.6 Å². The van der Waals surface area contributed by atoms with Gasteiger partial charge in [0.15, 0.2) is 5.65 Å². The van der Waals surface area contributed by atoms with Gasteiger partial charge in [-0.3, -0.25) is 4.79 Å². The van der Waals surface area contributed by atoms with E-state index >= 15 is 0 Å². The second-order valence-corrected chi connectivity index (χ2v) is 7.13. The van der Waals surface area contributed by atoms with Crippen LogP contribution >= 0.6 is 11.8 Å². The van der Waals surface area contributed by atoms with Gasteiger partial charge in [0.1, 0.15) is 11.3 Å². The number of carbonyl (C=O) groups is 1. The standard InChI is InChI=1S/C20H18N6OS/c1-3-11-26-15-9-5-4-8-14(15)17-19(26)23-20(25-24-17)28-12-16(27)22-18-13(2)7-6-10-21-18/h3-10H,1,11-12H2,2H3,(H,21,22,27). The molecule has 140 valence electrons. The van der Waals surface area contributed by atoms with Crippen LogP contribution in [0.15, 0.2) is 60.4 Å². The molecule has 0 aliphatic heterocycles. The smallest absolute Gasteiger partial charge is 0.236 e. The summed E-state index contributed by atoms with van der Waals surface area (Å²) in [6, 6.07) is 11.7. The minimum atomic E-state index is -0.165. The molecular formula is C20H18N6OS. The highest BCUT2D eigenvalue weighted by Crippen LogP contribution is 2.27. The van der Waals surface area contributed by atoms with Gasteiger partial charge in [-0.2, -0.15) is 0 Å². The van der Waals surface area contributed by atoms with Crippen LogP contribution in [0.1, 0.15) is 5.56 Å². The fraction of sp³-hybridized carbons (Fsp3) is 0.150. The van der Waals surface area contributed by atoms with Gasteiger partial charge in [0, 0.05) is 18.1 Å². The maximum Gasteiger partial charge on any atom is 0.236 e. The van der Waals surface area contributed by atoms with E-state index in [1.54, 1.807) is 6.20 Å². The van der Waals surface area contributed by atoms with E-state index < -0.39 is 0 Å². The number of aromatic nitrogens is 5. The van der Waals surface area contributed by atoms with Gasteiger partial charge in [0.05, 0.1) is 11.3 Å². The summed E-state index contributed by atoms with van der Waals surface area (Å²) >= 11 is 1.24. The van der Waals surface area contributed by atoms with Crippen LogP contribution in [0.4, 0.5) is 5.82 Å². The summed E-state index contributed by atoms with van der Waals surface area (Å²) in [6.45, 7) is 6.34. The number of nitrogens with one attached hydrogen (secondary N) is 1. The average molecular weight is 390 g/mol. The van der Waals surface area contributed by atoms with Gasteiger partial charge >= 0.3 is 0 Å². The zero-order chi connectivity index (χ0) is 19.5. The number of thioether (sulfide) groups is 1. The second kappa shape index (κ2) is 7.77. The number of rotatable bonds is 6. The number of fused-ring (bicyclic) bond motifs is 3. The molecule has 0 unspecified atom stereocenters. The number of allylic oxidation sites excluding steroid dienone is 1. The molecule has 0 aliphatic rings. The molecule has 4 aromatic rings. The predicted molar refractivity (Wildman–Crippen MR) is 111 cm³/mol. The summed E-state index contributed by atoms with van der Waals surface area (Å²) < 4.78 is 2.05. The van der Waals surface area contributed by atoms with Gasteiger partial charge < -0.3 is 9.88 Å². The first-order valence-electron chi connectivity index (χ1n) is 8.74. The lowest BCUT2D eigenvalue weighted by molar-refractivity contribution is -0.113. The molecule has 7 nitrogen and oxygen atoms in total. The third-order valence-corrected chi connectivity index (χ3v) is 5.10. The molecule has 0 saturated heterocycles.